The SMILES string of the molecule is O=C(COc1ccc(Cl)cc1)N=C1S[C@@H]2CS(=O)(=O)C[C@H]2N1CCc1ccc(F)cc1. The van der Waals surface area contributed by atoms with Crippen LogP contribution in [0.2, 0.25) is 5.02 Å². The Bertz CT molecular complexity index is 1090. The van der Waals surface area contributed by atoms with Crippen LogP contribution in [0, 0.1) is 5.82 Å². The van der Waals surface area contributed by atoms with Crippen LogP contribution in [-0.2, 0) is 21.1 Å². The number of benzene rings is 2. The standard InChI is InChI=1S/C21H20ClFN2O4S2/c22-15-3-7-17(8-4-15)29-11-20(26)24-21-25(10-9-14-1-5-16(23)6-2-14)18-12-31(27,28)13-19(18)30-21/h1-8,18-19H,9-13H2/t18-,19-/m1/s1. The lowest BCUT2D eigenvalue weighted by Gasteiger charge is -2.24. The predicted molar refractivity (Wildman–Crippen MR) is 120 cm³/mol. The van der Waals surface area contributed by atoms with Crippen LogP contribution in [-0.4, -0.2) is 60.3 Å². The van der Waals surface area contributed by atoms with Gasteiger partial charge in [-0.05, 0) is 48.4 Å². The minimum absolute atomic E-state index is 0.0442. The van der Waals surface area contributed by atoms with Crippen LogP contribution < -0.4 is 4.74 Å². The van der Waals surface area contributed by atoms with Crippen molar-refractivity contribution in [3.63, 3.8) is 0 Å². The summed E-state index contributed by atoms with van der Waals surface area (Å²) in [5.74, 6) is -0.136. The quantitative estimate of drug-likeness (QED) is 0.629. The number of amides is 1. The number of hydrogen-bond donors (Lipinski definition) is 0. The number of rotatable bonds is 6. The molecular formula is C21H20ClFN2O4S2. The largest absolute Gasteiger partial charge is 0.484 e. The Hall–Kier alpha value is -2.10. The van der Waals surface area contributed by atoms with Crippen LogP contribution in [0.3, 0.4) is 0 Å². The van der Waals surface area contributed by atoms with E-state index in [2.05, 4.69) is 4.99 Å². The fourth-order valence-electron chi connectivity index (χ4n) is 3.61. The van der Waals surface area contributed by atoms with Gasteiger partial charge in [0.25, 0.3) is 5.91 Å². The number of sulfone groups is 1. The fourth-order valence-corrected chi connectivity index (χ4v) is 7.73. The summed E-state index contributed by atoms with van der Waals surface area (Å²) in [6.07, 6.45) is 0.582. The van der Waals surface area contributed by atoms with Crippen LogP contribution in [0.5, 0.6) is 5.75 Å². The van der Waals surface area contributed by atoms with E-state index in [1.165, 1.54) is 23.9 Å². The van der Waals surface area contributed by atoms with Crippen LogP contribution in [0.25, 0.3) is 0 Å². The molecule has 10 heteroatoms. The zero-order valence-electron chi connectivity index (χ0n) is 16.4. The minimum atomic E-state index is -3.12. The molecule has 6 nitrogen and oxygen atoms in total. The fraction of sp³-hybridized carbons (Fsp3) is 0.333. The summed E-state index contributed by atoms with van der Waals surface area (Å²) in [6, 6.07) is 12.6. The van der Waals surface area contributed by atoms with Crippen molar-refractivity contribution < 1.29 is 22.3 Å². The molecule has 4 rings (SSSR count). The highest BCUT2D eigenvalue weighted by molar-refractivity contribution is 8.15. The lowest BCUT2D eigenvalue weighted by Crippen LogP contribution is -2.39. The maximum atomic E-state index is 13.2. The molecule has 0 unspecified atom stereocenters. The van der Waals surface area contributed by atoms with Crippen molar-refractivity contribution in [2.45, 2.75) is 17.7 Å². The van der Waals surface area contributed by atoms with Gasteiger partial charge in [0, 0.05) is 16.8 Å². The molecule has 0 aromatic heterocycles. The maximum Gasteiger partial charge on any atom is 0.285 e. The zero-order valence-corrected chi connectivity index (χ0v) is 18.8. The second-order valence-corrected chi connectivity index (χ2v) is 11.2. The topological polar surface area (TPSA) is 76.0 Å². The molecule has 0 bridgehead atoms. The van der Waals surface area contributed by atoms with Gasteiger partial charge in [0.1, 0.15) is 11.6 Å². The molecule has 2 aliphatic rings. The molecule has 0 N–H and O–H groups in total. The number of nitrogens with zero attached hydrogens (tertiary/aromatic N) is 2. The van der Waals surface area contributed by atoms with Gasteiger partial charge in [0.05, 0.1) is 17.5 Å². The van der Waals surface area contributed by atoms with Crippen LogP contribution in [0.4, 0.5) is 4.39 Å². The third-order valence-electron chi connectivity index (χ3n) is 5.13. The van der Waals surface area contributed by atoms with E-state index in [1.54, 1.807) is 36.4 Å². The van der Waals surface area contributed by atoms with Crippen LogP contribution in [0.1, 0.15) is 5.56 Å². The Morgan fingerprint density at radius 1 is 1.16 bits per heavy atom. The molecule has 0 radical (unpaired) electrons. The van der Waals surface area contributed by atoms with Crippen molar-refractivity contribution >= 4 is 44.3 Å². The van der Waals surface area contributed by atoms with Gasteiger partial charge in [-0.3, -0.25) is 4.79 Å². The summed E-state index contributed by atoms with van der Waals surface area (Å²) in [5, 5.41) is 0.929. The van der Waals surface area contributed by atoms with E-state index in [0.29, 0.717) is 28.9 Å². The Kier molecular flexibility index (Phi) is 6.55. The molecule has 2 aromatic rings. The molecule has 31 heavy (non-hydrogen) atoms. The highest BCUT2D eigenvalue weighted by Crippen LogP contribution is 2.38. The smallest absolute Gasteiger partial charge is 0.285 e. The van der Waals surface area contributed by atoms with Gasteiger partial charge >= 0.3 is 0 Å². The summed E-state index contributed by atoms with van der Waals surface area (Å²) in [6.45, 7) is 0.255. The first-order chi connectivity index (χ1) is 14.8. The zero-order chi connectivity index (χ0) is 22.0. The Balaban J connectivity index is 1.45. The van der Waals surface area contributed by atoms with Crippen molar-refractivity contribution in [2.75, 3.05) is 24.7 Å². The molecule has 0 aliphatic carbocycles. The highest BCUT2D eigenvalue weighted by atomic mass is 35.5. The molecule has 2 aliphatic heterocycles. The number of fused-ring (bicyclic) bond motifs is 1. The third-order valence-corrected chi connectivity index (χ3v) is 8.63. The number of carbonyl (C=O) groups excluding carboxylic acids is 1. The average Bonchev–Trinajstić information content (AvgIpc) is 3.18. The summed E-state index contributed by atoms with van der Waals surface area (Å²) in [5.41, 5.74) is 0.924. The second-order valence-electron chi connectivity index (χ2n) is 7.40. The molecule has 0 spiro atoms. The van der Waals surface area contributed by atoms with Gasteiger partial charge < -0.3 is 9.64 Å². The summed E-state index contributed by atoms with van der Waals surface area (Å²) < 4.78 is 42.8. The lowest BCUT2D eigenvalue weighted by molar-refractivity contribution is -0.119. The molecule has 0 saturated carbocycles. The first-order valence-corrected chi connectivity index (χ1v) is 12.7. The maximum absolute atomic E-state index is 13.2. The van der Waals surface area contributed by atoms with E-state index in [4.69, 9.17) is 16.3 Å². The number of aliphatic imine (C=N–C) groups is 1. The Morgan fingerprint density at radius 2 is 1.87 bits per heavy atom. The number of thioether (sulfide) groups is 1. The molecule has 2 fully saturated rings. The number of amidine groups is 1. The molecule has 2 saturated heterocycles. The van der Waals surface area contributed by atoms with E-state index in [-0.39, 0.29) is 35.2 Å². The molecular weight excluding hydrogens is 463 g/mol. The summed E-state index contributed by atoms with van der Waals surface area (Å²) >= 11 is 7.16. The summed E-state index contributed by atoms with van der Waals surface area (Å²) in [7, 11) is -3.12. The number of hydrogen-bond acceptors (Lipinski definition) is 5. The van der Waals surface area contributed by atoms with Gasteiger partial charge in [-0.15, -0.1) is 0 Å². The van der Waals surface area contributed by atoms with Crippen LogP contribution >= 0.6 is 23.4 Å². The van der Waals surface area contributed by atoms with Gasteiger partial charge in [0.2, 0.25) is 0 Å². The average molecular weight is 483 g/mol. The first-order valence-electron chi connectivity index (χ1n) is 9.67. The van der Waals surface area contributed by atoms with E-state index in [1.807, 2.05) is 4.90 Å². The summed E-state index contributed by atoms with van der Waals surface area (Å²) in [4.78, 5) is 18.5. The minimum Gasteiger partial charge on any atom is -0.484 e. The first kappa shape index (κ1) is 22.1. The normalized spacial score (nSPS) is 23.2. The lowest BCUT2D eigenvalue weighted by atomic mass is 10.1. The third kappa shape index (κ3) is 5.58. The van der Waals surface area contributed by atoms with Crippen molar-refractivity contribution in [2.24, 2.45) is 4.99 Å². The predicted octanol–water partition coefficient (Wildman–Crippen LogP) is 3.20. The van der Waals surface area contributed by atoms with Gasteiger partial charge in [-0.1, -0.05) is 35.5 Å². The van der Waals surface area contributed by atoms with Crippen molar-refractivity contribution in [3.8, 4) is 5.75 Å². The Morgan fingerprint density at radius 3 is 2.58 bits per heavy atom. The van der Waals surface area contributed by atoms with Gasteiger partial charge in [-0.2, -0.15) is 4.99 Å². The second kappa shape index (κ2) is 9.18. The van der Waals surface area contributed by atoms with Gasteiger partial charge in [0.15, 0.2) is 21.6 Å². The van der Waals surface area contributed by atoms with Crippen molar-refractivity contribution in [1.82, 2.24) is 4.90 Å². The number of halogens is 2. The number of carbonyl (C=O) groups is 1. The van der Waals surface area contributed by atoms with Gasteiger partial charge in [-0.25, -0.2) is 12.8 Å². The molecule has 164 valence electrons. The van der Waals surface area contributed by atoms with E-state index in [9.17, 15) is 17.6 Å². The molecule has 2 atom stereocenters. The van der Waals surface area contributed by atoms with E-state index in [0.717, 1.165) is 5.56 Å². The van der Waals surface area contributed by atoms with Crippen molar-refractivity contribution in [1.29, 1.82) is 0 Å². The Labute approximate surface area is 189 Å². The highest BCUT2D eigenvalue weighted by Gasteiger charge is 2.48. The molecule has 2 aromatic carbocycles. The van der Waals surface area contributed by atoms with Crippen LogP contribution in [0.15, 0.2) is 53.5 Å². The monoisotopic (exact) mass is 482 g/mol. The molecule has 2 heterocycles. The van der Waals surface area contributed by atoms with E-state index < -0.39 is 15.7 Å². The van der Waals surface area contributed by atoms with Crippen molar-refractivity contribution in [3.05, 3.63) is 64.9 Å². The molecule has 1 amide bonds. The number of ether oxygens (including phenoxy) is 1. The van der Waals surface area contributed by atoms with E-state index >= 15 is 0 Å².